The molecule has 9 heteroatoms. The molecule has 0 aliphatic carbocycles. The van der Waals surface area contributed by atoms with E-state index in [9.17, 15) is 4.79 Å². The van der Waals surface area contributed by atoms with E-state index >= 15 is 0 Å². The highest BCUT2D eigenvalue weighted by Gasteiger charge is 2.22. The summed E-state index contributed by atoms with van der Waals surface area (Å²) in [5.41, 5.74) is 13.3. The molecule has 27 heavy (non-hydrogen) atoms. The molecule has 0 aromatic carbocycles. The maximum atomic E-state index is 12.7. The van der Waals surface area contributed by atoms with Crippen LogP contribution >= 0.6 is 0 Å². The highest BCUT2D eigenvalue weighted by Crippen LogP contribution is 2.26. The quantitative estimate of drug-likeness (QED) is 0.566. The summed E-state index contributed by atoms with van der Waals surface area (Å²) < 4.78 is 10.8. The van der Waals surface area contributed by atoms with Gasteiger partial charge in [0.25, 0.3) is 5.91 Å². The first-order chi connectivity index (χ1) is 13.1. The van der Waals surface area contributed by atoms with Crippen LogP contribution in [0, 0.1) is 6.92 Å². The number of aromatic nitrogens is 3. The third kappa shape index (κ3) is 4.21. The average Bonchev–Trinajstić information content (AvgIpc) is 3.20. The van der Waals surface area contributed by atoms with Gasteiger partial charge in [-0.2, -0.15) is 4.98 Å². The van der Waals surface area contributed by atoms with Crippen molar-refractivity contribution in [2.45, 2.75) is 13.5 Å². The maximum absolute atomic E-state index is 12.7. The van der Waals surface area contributed by atoms with Crippen molar-refractivity contribution in [3.05, 3.63) is 53.5 Å². The summed E-state index contributed by atoms with van der Waals surface area (Å²) in [6, 6.07) is 7.13. The lowest BCUT2D eigenvalue weighted by molar-refractivity contribution is 0.0946. The fourth-order valence-electron chi connectivity index (χ4n) is 2.40. The van der Waals surface area contributed by atoms with Gasteiger partial charge in [-0.3, -0.25) is 9.78 Å². The number of amides is 1. The second kappa shape index (κ2) is 8.28. The van der Waals surface area contributed by atoms with Crippen molar-refractivity contribution < 1.29 is 13.9 Å². The average molecular weight is 368 g/mol. The number of rotatable bonds is 7. The third-order valence-electron chi connectivity index (χ3n) is 3.76. The molecule has 140 valence electrons. The lowest BCUT2D eigenvalue weighted by Crippen LogP contribution is -2.27. The summed E-state index contributed by atoms with van der Waals surface area (Å²) in [7, 11) is 0. The number of hydrogen-bond acceptors (Lipinski definition) is 8. The number of pyridine rings is 1. The molecule has 0 aliphatic rings. The predicted octanol–water partition coefficient (Wildman–Crippen LogP) is 1.29. The van der Waals surface area contributed by atoms with Crippen molar-refractivity contribution >= 4 is 11.7 Å². The molecule has 9 nitrogen and oxygen atoms in total. The van der Waals surface area contributed by atoms with Crippen LogP contribution in [-0.4, -0.2) is 34.0 Å². The molecule has 0 radical (unpaired) electrons. The Morgan fingerprint density at radius 3 is 2.85 bits per heavy atom. The Kier molecular flexibility index (Phi) is 5.62. The number of ether oxygens (including phenoxy) is 1. The van der Waals surface area contributed by atoms with E-state index < -0.39 is 5.91 Å². The molecule has 3 aromatic rings. The van der Waals surface area contributed by atoms with E-state index in [2.05, 4.69) is 20.3 Å². The van der Waals surface area contributed by atoms with Crippen molar-refractivity contribution in [1.29, 1.82) is 0 Å². The summed E-state index contributed by atoms with van der Waals surface area (Å²) in [5.74, 6) is 0.209. The van der Waals surface area contributed by atoms with Crippen LogP contribution in [0.1, 0.15) is 21.6 Å². The maximum Gasteiger partial charge on any atom is 0.260 e. The van der Waals surface area contributed by atoms with Crippen LogP contribution in [-0.2, 0) is 6.54 Å². The Morgan fingerprint density at radius 2 is 2.15 bits per heavy atom. The molecule has 0 saturated carbocycles. The topological polar surface area (TPSA) is 142 Å². The molecule has 3 rings (SSSR count). The van der Waals surface area contributed by atoms with Crippen LogP contribution in [0.25, 0.3) is 11.6 Å². The second-order valence-electron chi connectivity index (χ2n) is 5.68. The van der Waals surface area contributed by atoms with Gasteiger partial charge in [0.05, 0.1) is 18.5 Å². The molecule has 5 N–H and O–H groups in total. The van der Waals surface area contributed by atoms with Gasteiger partial charge in [-0.25, -0.2) is 4.98 Å². The minimum atomic E-state index is -0.462. The second-order valence-corrected chi connectivity index (χ2v) is 5.68. The Hall–Kier alpha value is -3.46. The van der Waals surface area contributed by atoms with E-state index in [1.807, 2.05) is 19.1 Å². The Labute approximate surface area is 155 Å². The van der Waals surface area contributed by atoms with Gasteiger partial charge in [0.2, 0.25) is 11.7 Å². The number of anilines is 1. The summed E-state index contributed by atoms with van der Waals surface area (Å²) in [6.45, 7) is 2.59. The van der Waals surface area contributed by atoms with Crippen LogP contribution in [0.2, 0.25) is 0 Å². The molecule has 0 fully saturated rings. The Morgan fingerprint density at radius 1 is 1.30 bits per heavy atom. The van der Waals surface area contributed by atoms with Gasteiger partial charge in [-0.15, -0.1) is 0 Å². The number of carbonyl (C=O) groups excluding carboxylic acids is 1. The zero-order valence-electron chi connectivity index (χ0n) is 14.8. The van der Waals surface area contributed by atoms with E-state index in [1.54, 1.807) is 18.3 Å². The molecule has 0 bridgehead atoms. The smallest absolute Gasteiger partial charge is 0.260 e. The van der Waals surface area contributed by atoms with Crippen molar-refractivity contribution in [3.8, 4) is 17.5 Å². The Balaban J connectivity index is 1.88. The van der Waals surface area contributed by atoms with Gasteiger partial charge in [-0.05, 0) is 30.7 Å². The molecule has 1 amide bonds. The minimum Gasteiger partial charge on any atom is -0.476 e. The van der Waals surface area contributed by atoms with E-state index in [4.69, 9.17) is 20.6 Å². The number of nitrogen functional groups attached to an aromatic ring is 1. The normalized spacial score (nSPS) is 10.6. The first-order valence-electron chi connectivity index (χ1n) is 8.33. The minimum absolute atomic E-state index is 0.0151. The molecule has 0 spiro atoms. The van der Waals surface area contributed by atoms with Gasteiger partial charge in [0, 0.05) is 12.7 Å². The highest BCUT2D eigenvalue weighted by molar-refractivity contribution is 6.00. The first-order valence-corrected chi connectivity index (χ1v) is 8.33. The molecule has 0 atom stereocenters. The number of hydrogen-bond donors (Lipinski definition) is 3. The number of furan rings is 1. The summed E-state index contributed by atoms with van der Waals surface area (Å²) in [6.07, 6.45) is 3.16. The molecule has 0 unspecified atom stereocenters. The van der Waals surface area contributed by atoms with Crippen molar-refractivity contribution in [2.75, 3.05) is 18.9 Å². The lowest BCUT2D eigenvalue weighted by Gasteiger charge is -2.13. The molecule has 0 saturated heterocycles. The van der Waals surface area contributed by atoms with Crippen LogP contribution in [0.15, 0.2) is 41.1 Å². The number of nitrogens with one attached hydrogen (secondary N) is 1. The standard InChI is InChI=1S/C18H20N6O3/c1-11-4-2-7-21-12(11)10-22-17(25)14-15(20)23-16(13-5-3-8-26-13)24-18(14)27-9-6-19/h2-5,7-8H,6,9-10,19H2,1H3,(H,22,25)(H2,20,23,24). The predicted molar refractivity (Wildman–Crippen MR) is 98.8 cm³/mol. The fourth-order valence-corrected chi connectivity index (χ4v) is 2.40. The Bertz CT molecular complexity index is 927. The van der Waals surface area contributed by atoms with Crippen LogP contribution in [0.5, 0.6) is 5.88 Å². The van der Waals surface area contributed by atoms with E-state index in [0.717, 1.165) is 11.3 Å². The van der Waals surface area contributed by atoms with Crippen LogP contribution in [0.3, 0.4) is 0 Å². The molecule has 3 aromatic heterocycles. The van der Waals surface area contributed by atoms with Crippen LogP contribution < -0.4 is 21.5 Å². The summed E-state index contributed by atoms with van der Waals surface area (Å²) >= 11 is 0. The van der Waals surface area contributed by atoms with Gasteiger partial charge in [-0.1, -0.05) is 6.07 Å². The largest absolute Gasteiger partial charge is 0.476 e. The monoisotopic (exact) mass is 368 g/mol. The zero-order valence-corrected chi connectivity index (χ0v) is 14.8. The highest BCUT2D eigenvalue weighted by atomic mass is 16.5. The fraction of sp³-hybridized carbons (Fsp3) is 0.222. The van der Waals surface area contributed by atoms with Gasteiger partial charge in [0.15, 0.2) is 5.76 Å². The van der Waals surface area contributed by atoms with E-state index in [-0.39, 0.29) is 42.8 Å². The molecular weight excluding hydrogens is 348 g/mol. The van der Waals surface area contributed by atoms with Crippen molar-refractivity contribution in [3.63, 3.8) is 0 Å². The molecule has 3 heterocycles. The van der Waals surface area contributed by atoms with E-state index in [0.29, 0.717) is 5.76 Å². The van der Waals surface area contributed by atoms with Gasteiger partial charge < -0.3 is 25.9 Å². The molecule has 0 aliphatic heterocycles. The van der Waals surface area contributed by atoms with E-state index in [1.165, 1.54) is 6.26 Å². The lowest BCUT2D eigenvalue weighted by atomic mass is 10.2. The number of nitrogens with two attached hydrogens (primary N) is 2. The first kappa shape index (κ1) is 18.3. The van der Waals surface area contributed by atoms with Crippen molar-refractivity contribution in [2.24, 2.45) is 5.73 Å². The van der Waals surface area contributed by atoms with Crippen LogP contribution in [0.4, 0.5) is 5.82 Å². The van der Waals surface area contributed by atoms with Crippen molar-refractivity contribution in [1.82, 2.24) is 20.3 Å². The van der Waals surface area contributed by atoms with Gasteiger partial charge in [0.1, 0.15) is 18.0 Å². The number of aryl methyl sites for hydroxylation is 1. The zero-order chi connectivity index (χ0) is 19.2. The summed E-state index contributed by atoms with van der Waals surface area (Å²) in [4.78, 5) is 25.4. The number of nitrogens with zero attached hydrogens (tertiary/aromatic N) is 3. The molecular formula is C18H20N6O3. The SMILES string of the molecule is Cc1cccnc1CNC(=O)c1c(N)nc(-c2ccco2)nc1OCCN. The third-order valence-corrected chi connectivity index (χ3v) is 3.76. The summed E-state index contributed by atoms with van der Waals surface area (Å²) in [5, 5.41) is 2.77. The number of carbonyl (C=O) groups is 1. The van der Waals surface area contributed by atoms with Gasteiger partial charge >= 0.3 is 0 Å².